The van der Waals surface area contributed by atoms with Crippen molar-refractivity contribution in [2.75, 3.05) is 19.6 Å². The Morgan fingerprint density at radius 2 is 1.84 bits per heavy atom. The van der Waals surface area contributed by atoms with E-state index >= 15 is 0 Å². The fraction of sp³-hybridized carbons (Fsp3) is 0.462. The molecule has 1 aromatic carbocycles. The smallest absolute Gasteiger partial charge is 0.240 e. The first-order valence-corrected chi connectivity index (χ1v) is 7.74. The molecule has 6 heteroatoms. The van der Waals surface area contributed by atoms with Gasteiger partial charge in [-0.3, -0.25) is 0 Å². The van der Waals surface area contributed by atoms with Gasteiger partial charge in [0.05, 0.1) is 17.4 Å². The SMILES string of the molecule is CCCNCCNS(=O)(=O)c1ccc(CC#N)cc1. The Morgan fingerprint density at radius 3 is 2.42 bits per heavy atom. The van der Waals surface area contributed by atoms with E-state index in [-0.39, 0.29) is 11.3 Å². The molecule has 0 fully saturated rings. The Morgan fingerprint density at radius 1 is 1.16 bits per heavy atom. The number of nitrogens with zero attached hydrogens (tertiary/aromatic N) is 1. The Kier molecular flexibility index (Phi) is 6.50. The average Bonchev–Trinajstić information content (AvgIpc) is 2.39. The lowest BCUT2D eigenvalue weighted by molar-refractivity contribution is 0.575. The minimum Gasteiger partial charge on any atom is -0.315 e. The molecule has 0 heterocycles. The number of rotatable bonds is 8. The second-order valence-electron chi connectivity index (χ2n) is 4.13. The molecule has 0 atom stereocenters. The summed E-state index contributed by atoms with van der Waals surface area (Å²) in [5.74, 6) is 0. The van der Waals surface area contributed by atoms with E-state index in [9.17, 15) is 8.42 Å². The van der Waals surface area contributed by atoms with Crippen molar-refractivity contribution < 1.29 is 8.42 Å². The van der Waals surface area contributed by atoms with Gasteiger partial charge >= 0.3 is 0 Å². The molecule has 0 radical (unpaired) electrons. The van der Waals surface area contributed by atoms with Gasteiger partial charge in [-0.05, 0) is 30.7 Å². The van der Waals surface area contributed by atoms with Crippen LogP contribution in [0.3, 0.4) is 0 Å². The summed E-state index contributed by atoms with van der Waals surface area (Å²) in [6, 6.07) is 8.39. The van der Waals surface area contributed by atoms with Gasteiger partial charge < -0.3 is 5.32 Å². The Hall–Kier alpha value is -1.42. The standard InChI is InChI=1S/C13H19N3O2S/c1-2-9-15-10-11-16-19(17,18)13-5-3-12(4-6-13)7-8-14/h3-6,15-16H,2,7,9-11H2,1H3. The largest absolute Gasteiger partial charge is 0.315 e. The Balaban J connectivity index is 2.55. The summed E-state index contributed by atoms with van der Waals surface area (Å²) in [4.78, 5) is 0.227. The number of nitriles is 1. The molecule has 2 N–H and O–H groups in total. The van der Waals surface area contributed by atoms with Crippen molar-refractivity contribution >= 4 is 10.0 Å². The highest BCUT2D eigenvalue weighted by Crippen LogP contribution is 2.10. The minimum atomic E-state index is -3.45. The molecule has 19 heavy (non-hydrogen) atoms. The summed E-state index contributed by atoms with van der Waals surface area (Å²) in [6.45, 7) is 3.91. The number of hydrogen-bond acceptors (Lipinski definition) is 4. The predicted octanol–water partition coefficient (Wildman–Crippen LogP) is 1.03. The van der Waals surface area contributed by atoms with Crippen LogP contribution in [-0.4, -0.2) is 28.1 Å². The van der Waals surface area contributed by atoms with Gasteiger partial charge in [-0.1, -0.05) is 19.1 Å². The molecular formula is C13H19N3O2S. The lowest BCUT2D eigenvalue weighted by Crippen LogP contribution is -2.32. The van der Waals surface area contributed by atoms with E-state index in [2.05, 4.69) is 17.0 Å². The molecule has 0 aliphatic rings. The maximum absolute atomic E-state index is 11.9. The number of hydrogen-bond donors (Lipinski definition) is 2. The highest BCUT2D eigenvalue weighted by atomic mass is 32.2. The van der Waals surface area contributed by atoms with Crippen LogP contribution in [0, 0.1) is 11.3 Å². The van der Waals surface area contributed by atoms with Crippen molar-refractivity contribution in [1.29, 1.82) is 5.26 Å². The maximum atomic E-state index is 11.9. The summed E-state index contributed by atoms with van der Waals surface area (Å²) in [5, 5.41) is 11.7. The van der Waals surface area contributed by atoms with Crippen molar-refractivity contribution in [3.05, 3.63) is 29.8 Å². The lowest BCUT2D eigenvalue weighted by Gasteiger charge is -2.07. The van der Waals surface area contributed by atoms with Crippen LogP contribution < -0.4 is 10.0 Å². The highest BCUT2D eigenvalue weighted by molar-refractivity contribution is 7.89. The van der Waals surface area contributed by atoms with E-state index in [4.69, 9.17) is 5.26 Å². The normalized spacial score (nSPS) is 11.2. The molecule has 0 saturated carbocycles. The quantitative estimate of drug-likeness (QED) is 0.697. The van der Waals surface area contributed by atoms with Crippen LogP contribution in [0.2, 0.25) is 0 Å². The van der Waals surface area contributed by atoms with Crippen LogP contribution in [0.5, 0.6) is 0 Å². The van der Waals surface area contributed by atoms with E-state index in [0.717, 1.165) is 18.5 Å². The fourth-order valence-corrected chi connectivity index (χ4v) is 2.57. The average molecular weight is 281 g/mol. The molecular weight excluding hydrogens is 262 g/mol. The van der Waals surface area contributed by atoms with E-state index in [1.165, 1.54) is 12.1 Å². The molecule has 0 spiro atoms. The molecule has 5 nitrogen and oxygen atoms in total. The van der Waals surface area contributed by atoms with E-state index < -0.39 is 10.0 Å². The molecule has 0 aliphatic carbocycles. The highest BCUT2D eigenvalue weighted by Gasteiger charge is 2.12. The molecule has 0 saturated heterocycles. The second kappa shape index (κ2) is 7.89. The molecule has 104 valence electrons. The molecule has 0 amide bonds. The van der Waals surface area contributed by atoms with Gasteiger partial charge in [-0.2, -0.15) is 5.26 Å². The van der Waals surface area contributed by atoms with Gasteiger partial charge in [-0.25, -0.2) is 13.1 Å². The summed E-state index contributed by atoms with van der Waals surface area (Å²) in [7, 11) is -3.45. The molecule has 1 aromatic rings. The topological polar surface area (TPSA) is 82.0 Å². The zero-order valence-corrected chi connectivity index (χ0v) is 11.8. The van der Waals surface area contributed by atoms with Crippen molar-refractivity contribution in [3.63, 3.8) is 0 Å². The zero-order chi connectivity index (χ0) is 14.1. The molecule has 0 aromatic heterocycles. The molecule has 0 aliphatic heterocycles. The van der Waals surface area contributed by atoms with E-state index in [0.29, 0.717) is 13.1 Å². The fourth-order valence-electron chi connectivity index (χ4n) is 1.54. The zero-order valence-electron chi connectivity index (χ0n) is 11.0. The number of benzene rings is 1. The third-order valence-electron chi connectivity index (χ3n) is 2.54. The monoisotopic (exact) mass is 281 g/mol. The van der Waals surface area contributed by atoms with Crippen LogP contribution in [0.1, 0.15) is 18.9 Å². The predicted molar refractivity (Wildman–Crippen MR) is 74.1 cm³/mol. The first-order chi connectivity index (χ1) is 9.10. The molecule has 0 bridgehead atoms. The number of sulfonamides is 1. The van der Waals surface area contributed by atoms with Crippen LogP contribution >= 0.6 is 0 Å². The first kappa shape index (κ1) is 15.6. The van der Waals surface area contributed by atoms with Gasteiger partial charge in [-0.15, -0.1) is 0 Å². The molecule has 0 unspecified atom stereocenters. The number of nitrogens with one attached hydrogen (secondary N) is 2. The van der Waals surface area contributed by atoms with E-state index in [1.54, 1.807) is 12.1 Å². The summed E-state index contributed by atoms with van der Waals surface area (Å²) < 4.78 is 26.4. The Labute approximate surface area is 114 Å². The Bertz CT molecular complexity index is 518. The van der Waals surface area contributed by atoms with Crippen molar-refractivity contribution in [1.82, 2.24) is 10.0 Å². The minimum absolute atomic E-state index is 0.227. The summed E-state index contributed by atoms with van der Waals surface area (Å²) >= 11 is 0. The van der Waals surface area contributed by atoms with Crippen LogP contribution in [0.25, 0.3) is 0 Å². The summed E-state index contributed by atoms with van der Waals surface area (Å²) in [5.41, 5.74) is 0.811. The van der Waals surface area contributed by atoms with Gasteiger partial charge in [0.25, 0.3) is 0 Å². The van der Waals surface area contributed by atoms with Crippen LogP contribution in [0.15, 0.2) is 29.2 Å². The van der Waals surface area contributed by atoms with Gasteiger partial charge in [0.1, 0.15) is 0 Å². The first-order valence-electron chi connectivity index (χ1n) is 6.26. The second-order valence-corrected chi connectivity index (χ2v) is 5.89. The molecule has 1 rings (SSSR count). The van der Waals surface area contributed by atoms with Crippen molar-refractivity contribution in [2.24, 2.45) is 0 Å². The lowest BCUT2D eigenvalue weighted by atomic mass is 10.2. The van der Waals surface area contributed by atoms with Crippen LogP contribution in [-0.2, 0) is 16.4 Å². The van der Waals surface area contributed by atoms with Gasteiger partial charge in [0.2, 0.25) is 10.0 Å². The van der Waals surface area contributed by atoms with Crippen LogP contribution in [0.4, 0.5) is 0 Å². The summed E-state index contributed by atoms with van der Waals surface area (Å²) in [6.07, 6.45) is 1.31. The van der Waals surface area contributed by atoms with Crippen molar-refractivity contribution in [2.45, 2.75) is 24.7 Å². The van der Waals surface area contributed by atoms with Gasteiger partial charge in [0.15, 0.2) is 0 Å². The van der Waals surface area contributed by atoms with Crippen molar-refractivity contribution in [3.8, 4) is 6.07 Å². The third kappa shape index (κ3) is 5.39. The van der Waals surface area contributed by atoms with Gasteiger partial charge in [0, 0.05) is 13.1 Å². The maximum Gasteiger partial charge on any atom is 0.240 e. The third-order valence-corrected chi connectivity index (χ3v) is 4.01. The van der Waals surface area contributed by atoms with E-state index in [1.807, 2.05) is 6.07 Å².